The Hall–Kier alpha value is -3.92. The van der Waals surface area contributed by atoms with E-state index in [0.29, 0.717) is 15.7 Å². The summed E-state index contributed by atoms with van der Waals surface area (Å²) in [7, 11) is 4.05. The second kappa shape index (κ2) is 10.00. The smallest absolute Gasteiger partial charge is 0.337 e. The fraction of sp³-hybridized carbons (Fsp3) is 0.310. The van der Waals surface area contributed by atoms with E-state index in [9.17, 15) is 19.2 Å². The van der Waals surface area contributed by atoms with Gasteiger partial charge in [0.25, 0.3) is 0 Å². The number of carbonyl (C=O) groups excluding carboxylic acids is 4. The van der Waals surface area contributed by atoms with Crippen LogP contribution in [-0.4, -0.2) is 56.6 Å². The van der Waals surface area contributed by atoms with E-state index >= 15 is 0 Å². The number of amides is 1. The van der Waals surface area contributed by atoms with E-state index in [0.717, 1.165) is 11.1 Å². The number of ether oxygens (including phenoxy) is 3. The van der Waals surface area contributed by atoms with Gasteiger partial charge >= 0.3 is 17.9 Å². The highest BCUT2D eigenvalue weighted by atomic mass is 79.9. The molecule has 0 saturated carbocycles. The summed E-state index contributed by atoms with van der Waals surface area (Å²) in [5.74, 6) is -3.79. The molecule has 0 aliphatic carbocycles. The molecule has 0 fully saturated rings. The highest BCUT2D eigenvalue weighted by Gasteiger charge is 2.68. The van der Waals surface area contributed by atoms with E-state index < -0.39 is 41.2 Å². The van der Waals surface area contributed by atoms with Crippen molar-refractivity contribution in [3.05, 3.63) is 81.1 Å². The molecule has 5 rings (SSSR count). The predicted octanol–water partition coefficient (Wildman–Crippen LogP) is 3.87. The number of hydrogen-bond donors (Lipinski definition) is 0. The second-order valence-electron chi connectivity index (χ2n) is 9.43. The Labute approximate surface area is 234 Å². The predicted molar refractivity (Wildman–Crippen MR) is 145 cm³/mol. The topological polar surface area (TPSA) is 102 Å². The van der Waals surface area contributed by atoms with E-state index in [1.807, 2.05) is 30.3 Å². The Morgan fingerprint density at radius 1 is 1.08 bits per heavy atom. The van der Waals surface area contributed by atoms with Crippen molar-refractivity contribution in [2.75, 3.05) is 32.8 Å². The Kier molecular flexibility index (Phi) is 6.84. The number of fused-ring (bicyclic) bond motifs is 5. The first-order chi connectivity index (χ1) is 18.7. The van der Waals surface area contributed by atoms with Crippen LogP contribution in [0, 0.1) is 5.92 Å². The fourth-order valence-electron chi connectivity index (χ4n) is 6.14. The first-order valence-corrected chi connectivity index (χ1v) is 13.2. The molecule has 39 heavy (non-hydrogen) atoms. The number of halogens is 1. The van der Waals surface area contributed by atoms with E-state index in [1.165, 1.54) is 19.1 Å². The molecule has 1 unspecified atom stereocenters. The molecule has 2 aromatic rings. The lowest BCUT2D eigenvalue weighted by atomic mass is 9.58. The lowest BCUT2D eigenvalue weighted by Gasteiger charge is -2.51. The summed E-state index contributed by atoms with van der Waals surface area (Å²) in [6.45, 7) is 1.75. The lowest BCUT2D eigenvalue weighted by molar-refractivity contribution is -0.157. The van der Waals surface area contributed by atoms with Gasteiger partial charge in [0.2, 0.25) is 5.91 Å². The van der Waals surface area contributed by atoms with Gasteiger partial charge in [0.05, 0.1) is 38.9 Å². The van der Waals surface area contributed by atoms with Crippen LogP contribution in [0.25, 0.3) is 6.08 Å². The van der Waals surface area contributed by atoms with Gasteiger partial charge in [0.1, 0.15) is 11.3 Å². The Morgan fingerprint density at radius 2 is 1.82 bits per heavy atom. The zero-order valence-electron chi connectivity index (χ0n) is 21.9. The van der Waals surface area contributed by atoms with E-state index in [-0.39, 0.29) is 24.3 Å². The van der Waals surface area contributed by atoms with Gasteiger partial charge in [-0.1, -0.05) is 40.2 Å². The molecule has 9 nitrogen and oxygen atoms in total. The maximum Gasteiger partial charge on any atom is 0.337 e. The number of esters is 3. The zero-order chi connectivity index (χ0) is 28.1. The van der Waals surface area contributed by atoms with Crippen LogP contribution in [-0.2, 0) is 38.8 Å². The number of rotatable bonds is 5. The Balaban J connectivity index is 1.98. The highest BCUT2D eigenvalue weighted by molar-refractivity contribution is 9.10. The van der Waals surface area contributed by atoms with Crippen LogP contribution >= 0.6 is 15.9 Å². The normalized spacial score (nSPS) is 22.8. The molecule has 1 amide bonds. The molecule has 3 atom stereocenters. The maximum atomic E-state index is 14.6. The molecule has 0 aromatic heterocycles. The summed E-state index contributed by atoms with van der Waals surface area (Å²) in [6, 6.07) is 12.0. The maximum absolute atomic E-state index is 14.6. The third-order valence-corrected chi connectivity index (χ3v) is 8.16. The first-order valence-electron chi connectivity index (χ1n) is 12.4. The number of benzene rings is 2. The van der Waals surface area contributed by atoms with Crippen molar-refractivity contribution in [2.45, 2.75) is 24.8 Å². The van der Waals surface area contributed by atoms with Crippen LogP contribution in [0.15, 0.2) is 64.4 Å². The minimum absolute atomic E-state index is 0.0667. The molecule has 0 saturated heterocycles. The highest BCUT2D eigenvalue weighted by Crippen LogP contribution is 2.61. The molecule has 202 valence electrons. The van der Waals surface area contributed by atoms with E-state index in [1.54, 1.807) is 43.3 Å². The van der Waals surface area contributed by atoms with E-state index in [4.69, 9.17) is 14.2 Å². The average Bonchev–Trinajstić information content (AvgIpc) is 3.14. The van der Waals surface area contributed by atoms with Gasteiger partial charge in [-0.15, -0.1) is 0 Å². The van der Waals surface area contributed by atoms with E-state index in [2.05, 4.69) is 15.9 Å². The molecule has 1 spiro atoms. The largest absolute Gasteiger partial charge is 0.469 e. The molecule has 0 N–H and O–H groups in total. The fourth-order valence-corrected chi connectivity index (χ4v) is 6.50. The Morgan fingerprint density at radius 3 is 2.51 bits per heavy atom. The molecular formula is C29H27BrN2O7. The van der Waals surface area contributed by atoms with Crippen LogP contribution in [0.4, 0.5) is 5.69 Å². The molecule has 3 aliphatic heterocycles. The van der Waals surface area contributed by atoms with Crippen LogP contribution in [0.3, 0.4) is 0 Å². The first kappa shape index (κ1) is 26.7. The number of methoxy groups -OCH3 is 2. The number of carbonyl (C=O) groups is 4. The van der Waals surface area contributed by atoms with Gasteiger partial charge in [-0.25, -0.2) is 4.79 Å². The number of hydrogen-bond acceptors (Lipinski definition) is 8. The van der Waals surface area contributed by atoms with Crippen molar-refractivity contribution in [1.29, 1.82) is 0 Å². The average molecular weight is 595 g/mol. The van der Waals surface area contributed by atoms with Crippen molar-refractivity contribution in [3.8, 4) is 0 Å². The third-order valence-electron chi connectivity index (χ3n) is 7.66. The van der Waals surface area contributed by atoms with Crippen molar-refractivity contribution in [2.24, 2.45) is 5.92 Å². The monoisotopic (exact) mass is 594 g/mol. The summed E-state index contributed by atoms with van der Waals surface area (Å²) in [6.07, 6.45) is 3.23. The van der Waals surface area contributed by atoms with Crippen LogP contribution < -0.4 is 4.90 Å². The van der Waals surface area contributed by atoms with Crippen LogP contribution in [0.1, 0.15) is 36.1 Å². The standard InChI is InChI=1S/C29H27BrN2O7/c1-5-39-27(35)24-25-18-9-7-6-8-16(18)12-13-32(25)21(15-22(33)37-3)23(26(34)38-4)29(24)19-14-17(30)10-11-20(19)31(2)28(29)36/h6-14,24-25H,5,15H2,1-4H3/t24?,25-,29+/m0/s1. The van der Waals surface area contributed by atoms with Gasteiger partial charge in [-0.05, 0) is 47.9 Å². The summed E-state index contributed by atoms with van der Waals surface area (Å²) in [5, 5.41) is 0. The van der Waals surface area contributed by atoms with Crippen molar-refractivity contribution in [1.82, 2.24) is 4.90 Å². The van der Waals surface area contributed by atoms with Crippen molar-refractivity contribution < 1.29 is 33.4 Å². The number of likely N-dealkylation sites (N-methyl/N-ethyl adjacent to an activating group) is 1. The summed E-state index contributed by atoms with van der Waals surface area (Å²) in [4.78, 5) is 58.4. The van der Waals surface area contributed by atoms with Gasteiger partial charge in [-0.3, -0.25) is 14.4 Å². The van der Waals surface area contributed by atoms with Crippen molar-refractivity contribution >= 4 is 51.5 Å². The number of anilines is 1. The number of nitrogens with zero attached hydrogens (tertiary/aromatic N) is 2. The van der Waals surface area contributed by atoms with Gasteiger partial charge in [-0.2, -0.15) is 0 Å². The third kappa shape index (κ3) is 3.80. The molecule has 3 aliphatic rings. The summed E-state index contributed by atoms with van der Waals surface area (Å²) >= 11 is 3.50. The SMILES string of the molecule is CCOC(=O)C1[C@@H]2c3ccccc3C=CN2C(CC(=O)OC)=C(C(=O)OC)[C@@]12C(=O)N(C)c1ccc(Br)cc12. The molecule has 2 aromatic carbocycles. The van der Waals surface area contributed by atoms with Crippen LogP contribution in [0.2, 0.25) is 0 Å². The second-order valence-corrected chi connectivity index (χ2v) is 10.3. The minimum atomic E-state index is -1.85. The molecule has 3 heterocycles. The zero-order valence-corrected chi connectivity index (χ0v) is 23.5. The van der Waals surface area contributed by atoms with Gasteiger partial charge < -0.3 is 24.0 Å². The van der Waals surface area contributed by atoms with Gasteiger partial charge in [0, 0.05) is 29.1 Å². The van der Waals surface area contributed by atoms with Crippen LogP contribution in [0.5, 0.6) is 0 Å². The molecular weight excluding hydrogens is 568 g/mol. The Bertz CT molecular complexity index is 1470. The minimum Gasteiger partial charge on any atom is -0.469 e. The molecule has 0 radical (unpaired) electrons. The molecule has 0 bridgehead atoms. The van der Waals surface area contributed by atoms with Crippen molar-refractivity contribution in [3.63, 3.8) is 0 Å². The summed E-state index contributed by atoms with van der Waals surface area (Å²) in [5.41, 5.74) is 0.844. The van der Waals surface area contributed by atoms with Gasteiger partial charge in [0.15, 0.2) is 0 Å². The quantitative estimate of drug-likeness (QED) is 0.380. The summed E-state index contributed by atoms with van der Waals surface area (Å²) < 4.78 is 16.5. The lowest BCUT2D eigenvalue weighted by Crippen LogP contribution is -2.59. The molecule has 10 heteroatoms.